The maximum Gasteiger partial charge on any atom is 0.337 e. The molecule has 0 spiro atoms. The van der Waals surface area contributed by atoms with E-state index in [0.29, 0.717) is 5.56 Å². The summed E-state index contributed by atoms with van der Waals surface area (Å²) in [7, 11) is 0. The highest BCUT2D eigenvalue weighted by molar-refractivity contribution is 5.91. The van der Waals surface area contributed by atoms with Gasteiger partial charge < -0.3 is 19.3 Å². The Morgan fingerprint density at radius 2 is 2.12 bits per heavy atom. The van der Waals surface area contributed by atoms with E-state index in [1.807, 2.05) is 0 Å². The summed E-state index contributed by atoms with van der Waals surface area (Å²) in [5, 5.41) is 15.6. The van der Waals surface area contributed by atoms with Crippen LogP contribution < -0.4 is 5.32 Å². The van der Waals surface area contributed by atoms with E-state index in [0.717, 1.165) is 0 Å². The number of hydrogen-bond acceptors (Lipinski definition) is 5. The van der Waals surface area contributed by atoms with Crippen LogP contribution in [-0.4, -0.2) is 52.5 Å². The summed E-state index contributed by atoms with van der Waals surface area (Å²) in [6.45, 7) is 3.30. The summed E-state index contributed by atoms with van der Waals surface area (Å²) in [4.78, 5) is 25.1. The van der Waals surface area contributed by atoms with Crippen LogP contribution in [0.25, 0.3) is 11.3 Å². The minimum absolute atomic E-state index is 0.106. The lowest BCUT2D eigenvalue weighted by Gasteiger charge is -2.37. The molecule has 3 rings (SSSR count). The second-order valence-corrected chi connectivity index (χ2v) is 6.20. The van der Waals surface area contributed by atoms with Gasteiger partial charge in [0.25, 0.3) is 0 Å². The van der Waals surface area contributed by atoms with Crippen molar-refractivity contribution < 1.29 is 28.3 Å². The molecule has 1 fully saturated rings. The van der Waals surface area contributed by atoms with Crippen molar-refractivity contribution in [3.8, 4) is 11.3 Å². The Balaban J connectivity index is 1.77. The van der Waals surface area contributed by atoms with Crippen molar-refractivity contribution in [3.63, 3.8) is 0 Å². The molecule has 1 saturated heterocycles. The molecule has 2 amide bonds. The van der Waals surface area contributed by atoms with Crippen LogP contribution in [0.1, 0.15) is 12.5 Å². The van der Waals surface area contributed by atoms with E-state index in [1.165, 1.54) is 17.9 Å². The molecule has 1 aromatic carbocycles. The summed E-state index contributed by atoms with van der Waals surface area (Å²) in [6, 6.07) is 5.55. The maximum atomic E-state index is 13.9. The van der Waals surface area contributed by atoms with E-state index in [-0.39, 0.29) is 36.8 Å². The number of rotatable bonds is 3. The zero-order valence-electron chi connectivity index (χ0n) is 14.3. The minimum atomic E-state index is -1.47. The monoisotopic (exact) mass is 363 g/mol. The number of carboxylic acid groups (broad SMARTS) is 1. The van der Waals surface area contributed by atoms with Crippen molar-refractivity contribution in [2.75, 3.05) is 25.0 Å². The molecule has 9 heteroatoms. The molecule has 1 atom stereocenters. The van der Waals surface area contributed by atoms with Gasteiger partial charge in [-0.3, -0.25) is 5.32 Å². The van der Waals surface area contributed by atoms with E-state index < -0.39 is 23.4 Å². The Kier molecular flexibility index (Phi) is 4.64. The molecule has 1 aromatic heterocycles. The van der Waals surface area contributed by atoms with Gasteiger partial charge in [0.2, 0.25) is 0 Å². The molecule has 2 heterocycles. The van der Waals surface area contributed by atoms with Gasteiger partial charge in [0, 0.05) is 12.1 Å². The average Bonchev–Trinajstić information content (AvgIpc) is 2.96. The lowest BCUT2D eigenvalue weighted by Crippen LogP contribution is -2.57. The summed E-state index contributed by atoms with van der Waals surface area (Å²) in [5.41, 5.74) is -0.757. The van der Waals surface area contributed by atoms with Crippen LogP contribution in [0.5, 0.6) is 0 Å². The molecule has 0 bridgehead atoms. The van der Waals surface area contributed by atoms with Crippen LogP contribution in [0.15, 0.2) is 28.8 Å². The van der Waals surface area contributed by atoms with Gasteiger partial charge in [-0.05, 0) is 26.0 Å². The molecule has 1 aliphatic rings. The van der Waals surface area contributed by atoms with E-state index in [4.69, 9.17) is 9.26 Å². The number of amides is 2. The Hall–Kier alpha value is -2.94. The van der Waals surface area contributed by atoms with Crippen LogP contribution >= 0.6 is 0 Å². The third-order valence-corrected chi connectivity index (χ3v) is 4.28. The predicted molar refractivity (Wildman–Crippen MR) is 89.2 cm³/mol. The third-order valence-electron chi connectivity index (χ3n) is 4.28. The number of urea groups is 1. The predicted octanol–water partition coefficient (Wildman–Crippen LogP) is 2.50. The number of ether oxygens (including phenoxy) is 1. The number of anilines is 1. The molecule has 0 saturated carbocycles. The molecule has 2 aromatic rings. The SMILES string of the molecule is Cc1c(NC(=O)N2CCOC(C)(C(=O)O)C2)noc1-c1ccccc1F. The van der Waals surface area contributed by atoms with Crippen molar-refractivity contribution in [2.24, 2.45) is 0 Å². The van der Waals surface area contributed by atoms with Gasteiger partial charge in [-0.1, -0.05) is 17.3 Å². The van der Waals surface area contributed by atoms with Gasteiger partial charge in [0.15, 0.2) is 17.2 Å². The summed E-state index contributed by atoms with van der Waals surface area (Å²) >= 11 is 0. The van der Waals surface area contributed by atoms with Crippen molar-refractivity contribution in [3.05, 3.63) is 35.6 Å². The Morgan fingerprint density at radius 3 is 2.81 bits per heavy atom. The van der Waals surface area contributed by atoms with E-state index in [2.05, 4.69) is 10.5 Å². The lowest BCUT2D eigenvalue weighted by atomic mass is 10.1. The molecule has 0 radical (unpaired) electrons. The maximum absolute atomic E-state index is 13.9. The van der Waals surface area contributed by atoms with Gasteiger partial charge in [-0.15, -0.1) is 0 Å². The van der Waals surface area contributed by atoms with Crippen molar-refractivity contribution in [2.45, 2.75) is 19.4 Å². The molecule has 2 N–H and O–H groups in total. The Bertz CT molecular complexity index is 853. The number of aromatic nitrogens is 1. The number of benzene rings is 1. The molecule has 138 valence electrons. The quantitative estimate of drug-likeness (QED) is 0.868. The summed E-state index contributed by atoms with van der Waals surface area (Å²) in [5.74, 6) is -1.24. The number of carbonyl (C=O) groups excluding carboxylic acids is 1. The zero-order valence-corrected chi connectivity index (χ0v) is 14.3. The molecule has 1 aliphatic heterocycles. The normalized spacial score (nSPS) is 20.0. The fourth-order valence-electron chi connectivity index (χ4n) is 2.70. The average molecular weight is 363 g/mol. The molecule has 26 heavy (non-hydrogen) atoms. The van der Waals surface area contributed by atoms with Crippen LogP contribution in [0.2, 0.25) is 0 Å². The first kappa shape index (κ1) is 17.9. The van der Waals surface area contributed by atoms with Gasteiger partial charge >= 0.3 is 12.0 Å². The first-order valence-electron chi connectivity index (χ1n) is 7.96. The van der Waals surface area contributed by atoms with Crippen LogP contribution in [-0.2, 0) is 9.53 Å². The van der Waals surface area contributed by atoms with Crippen LogP contribution in [0.3, 0.4) is 0 Å². The van der Waals surface area contributed by atoms with Crippen molar-refractivity contribution in [1.82, 2.24) is 10.1 Å². The number of morpholine rings is 1. The number of halogens is 1. The highest BCUT2D eigenvalue weighted by atomic mass is 19.1. The van der Waals surface area contributed by atoms with Gasteiger partial charge in [0.1, 0.15) is 5.82 Å². The number of nitrogens with zero attached hydrogens (tertiary/aromatic N) is 2. The molecule has 1 unspecified atom stereocenters. The Labute approximate surface area is 148 Å². The van der Waals surface area contributed by atoms with Crippen molar-refractivity contribution in [1.29, 1.82) is 0 Å². The largest absolute Gasteiger partial charge is 0.479 e. The number of nitrogens with one attached hydrogen (secondary N) is 1. The third kappa shape index (κ3) is 3.25. The first-order chi connectivity index (χ1) is 12.3. The molecule has 8 nitrogen and oxygen atoms in total. The standard InChI is InChI=1S/C17H18FN3O5/c1-10-13(11-5-3-4-6-12(11)18)26-20-14(10)19-16(24)21-7-8-25-17(2,9-21)15(22)23/h3-6H,7-9H2,1-2H3,(H,22,23)(H,19,20,24). The van der Waals surface area contributed by atoms with Gasteiger partial charge in [-0.2, -0.15) is 0 Å². The van der Waals surface area contributed by atoms with Gasteiger partial charge in [0.05, 0.1) is 18.7 Å². The van der Waals surface area contributed by atoms with Crippen molar-refractivity contribution >= 4 is 17.8 Å². The zero-order chi connectivity index (χ0) is 18.9. The van der Waals surface area contributed by atoms with Crippen LogP contribution in [0.4, 0.5) is 15.0 Å². The number of hydrogen-bond donors (Lipinski definition) is 2. The lowest BCUT2D eigenvalue weighted by molar-refractivity contribution is -0.171. The molecule has 0 aliphatic carbocycles. The number of carboxylic acids is 1. The fourth-order valence-corrected chi connectivity index (χ4v) is 2.70. The summed E-state index contributed by atoms with van der Waals surface area (Å²) < 4.78 is 24.4. The topological polar surface area (TPSA) is 105 Å². The molecular formula is C17H18FN3O5. The number of carbonyl (C=O) groups is 2. The summed E-state index contributed by atoms with van der Waals surface area (Å²) in [6.07, 6.45) is 0. The van der Waals surface area contributed by atoms with E-state index in [9.17, 15) is 19.1 Å². The van der Waals surface area contributed by atoms with E-state index >= 15 is 0 Å². The highest BCUT2D eigenvalue weighted by Gasteiger charge is 2.41. The minimum Gasteiger partial charge on any atom is -0.479 e. The second-order valence-electron chi connectivity index (χ2n) is 6.20. The highest BCUT2D eigenvalue weighted by Crippen LogP contribution is 2.30. The molecular weight excluding hydrogens is 345 g/mol. The fraction of sp³-hybridized carbons (Fsp3) is 0.353. The second kappa shape index (κ2) is 6.75. The van der Waals surface area contributed by atoms with Crippen LogP contribution in [0, 0.1) is 12.7 Å². The smallest absolute Gasteiger partial charge is 0.337 e. The first-order valence-corrected chi connectivity index (χ1v) is 7.96. The number of aliphatic carboxylic acids is 1. The Morgan fingerprint density at radius 1 is 1.38 bits per heavy atom. The van der Waals surface area contributed by atoms with Gasteiger partial charge in [-0.25, -0.2) is 14.0 Å². The van der Waals surface area contributed by atoms with E-state index in [1.54, 1.807) is 25.1 Å².